The molecule has 0 atom stereocenters. The SMILES string of the molecule is Cc1ccc(S(=O)(=O)N(CC(=O)Nc2ccc(N3CCCC3=O)c(C)c2)c2cc(Cl)ccc2C)cc1. The molecule has 3 aromatic rings. The lowest BCUT2D eigenvalue weighted by Gasteiger charge is -2.26. The molecule has 0 unspecified atom stereocenters. The molecule has 0 spiro atoms. The molecule has 0 radical (unpaired) electrons. The van der Waals surface area contributed by atoms with E-state index in [4.69, 9.17) is 11.6 Å². The highest BCUT2D eigenvalue weighted by Gasteiger charge is 2.29. The van der Waals surface area contributed by atoms with Gasteiger partial charge in [-0.2, -0.15) is 0 Å². The number of hydrogen-bond acceptors (Lipinski definition) is 4. The first-order valence-corrected chi connectivity index (χ1v) is 13.4. The van der Waals surface area contributed by atoms with Gasteiger partial charge in [-0.15, -0.1) is 0 Å². The first-order valence-electron chi connectivity index (χ1n) is 11.6. The van der Waals surface area contributed by atoms with Crippen LogP contribution in [0.2, 0.25) is 5.02 Å². The Morgan fingerprint density at radius 2 is 1.72 bits per heavy atom. The first kappa shape index (κ1) is 25.7. The monoisotopic (exact) mass is 525 g/mol. The third-order valence-electron chi connectivity index (χ3n) is 6.18. The predicted octanol–water partition coefficient (Wildman–Crippen LogP) is 5.23. The summed E-state index contributed by atoms with van der Waals surface area (Å²) in [6.07, 6.45) is 1.36. The van der Waals surface area contributed by atoms with Crippen LogP contribution in [-0.4, -0.2) is 33.3 Å². The highest BCUT2D eigenvalue weighted by atomic mass is 35.5. The van der Waals surface area contributed by atoms with E-state index in [1.54, 1.807) is 60.4 Å². The van der Waals surface area contributed by atoms with Crippen molar-refractivity contribution < 1.29 is 18.0 Å². The Morgan fingerprint density at radius 3 is 2.36 bits per heavy atom. The van der Waals surface area contributed by atoms with E-state index in [9.17, 15) is 18.0 Å². The maximum absolute atomic E-state index is 13.6. The zero-order valence-electron chi connectivity index (χ0n) is 20.4. The Hall–Kier alpha value is -3.36. The van der Waals surface area contributed by atoms with Crippen LogP contribution >= 0.6 is 11.6 Å². The van der Waals surface area contributed by atoms with Crippen molar-refractivity contribution in [2.75, 3.05) is 27.6 Å². The summed E-state index contributed by atoms with van der Waals surface area (Å²) in [6, 6.07) is 16.7. The number of anilines is 3. The molecule has 1 saturated heterocycles. The van der Waals surface area contributed by atoms with Crippen LogP contribution in [0.3, 0.4) is 0 Å². The van der Waals surface area contributed by atoms with Crippen molar-refractivity contribution in [3.63, 3.8) is 0 Å². The van der Waals surface area contributed by atoms with Crippen LogP contribution in [0, 0.1) is 20.8 Å². The highest BCUT2D eigenvalue weighted by Crippen LogP contribution is 2.31. The number of aryl methyl sites for hydroxylation is 3. The number of carbonyl (C=O) groups excluding carboxylic acids is 2. The quantitative estimate of drug-likeness (QED) is 0.458. The van der Waals surface area contributed by atoms with Crippen LogP contribution in [0.5, 0.6) is 0 Å². The molecule has 188 valence electrons. The number of benzene rings is 3. The molecule has 7 nitrogen and oxygen atoms in total. The topological polar surface area (TPSA) is 86.8 Å². The number of nitrogens with zero attached hydrogens (tertiary/aromatic N) is 2. The van der Waals surface area contributed by atoms with E-state index in [0.717, 1.165) is 27.5 Å². The summed E-state index contributed by atoms with van der Waals surface area (Å²) in [5.74, 6) is -0.418. The molecule has 0 saturated carbocycles. The fourth-order valence-electron chi connectivity index (χ4n) is 4.26. The van der Waals surface area contributed by atoms with Gasteiger partial charge < -0.3 is 10.2 Å². The largest absolute Gasteiger partial charge is 0.325 e. The predicted molar refractivity (Wildman–Crippen MR) is 143 cm³/mol. The van der Waals surface area contributed by atoms with Gasteiger partial charge >= 0.3 is 0 Å². The Labute approximate surface area is 216 Å². The number of carbonyl (C=O) groups is 2. The average Bonchev–Trinajstić information content (AvgIpc) is 3.25. The lowest BCUT2D eigenvalue weighted by molar-refractivity contribution is -0.117. The average molecular weight is 526 g/mol. The van der Waals surface area contributed by atoms with Gasteiger partial charge in [0.15, 0.2) is 0 Å². The summed E-state index contributed by atoms with van der Waals surface area (Å²) >= 11 is 6.19. The second kappa shape index (κ2) is 10.3. The Kier molecular flexibility index (Phi) is 7.38. The van der Waals surface area contributed by atoms with E-state index in [2.05, 4.69) is 5.32 Å². The summed E-state index contributed by atoms with van der Waals surface area (Å²) in [5, 5.41) is 3.16. The van der Waals surface area contributed by atoms with Crippen molar-refractivity contribution in [3.8, 4) is 0 Å². The Balaban J connectivity index is 1.62. The number of hydrogen-bond donors (Lipinski definition) is 1. The van der Waals surface area contributed by atoms with Crippen molar-refractivity contribution in [2.45, 2.75) is 38.5 Å². The molecule has 2 amide bonds. The van der Waals surface area contributed by atoms with Crippen LogP contribution in [0.25, 0.3) is 0 Å². The summed E-state index contributed by atoms with van der Waals surface area (Å²) in [7, 11) is -4.06. The summed E-state index contributed by atoms with van der Waals surface area (Å²) in [5.41, 5.74) is 4.09. The number of sulfonamides is 1. The van der Waals surface area contributed by atoms with Crippen LogP contribution in [0.1, 0.15) is 29.5 Å². The van der Waals surface area contributed by atoms with Gasteiger partial charge in [-0.25, -0.2) is 8.42 Å². The second-order valence-electron chi connectivity index (χ2n) is 8.95. The van der Waals surface area contributed by atoms with E-state index in [0.29, 0.717) is 34.9 Å². The highest BCUT2D eigenvalue weighted by molar-refractivity contribution is 7.92. The maximum Gasteiger partial charge on any atom is 0.264 e. The van der Waals surface area contributed by atoms with Gasteiger partial charge in [-0.3, -0.25) is 13.9 Å². The molecule has 36 heavy (non-hydrogen) atoms. The van der Waals surface area contributed by atoms with Gasteiger partial charge in [0.25, 0.3) is 10.0 Å². The van der Waals surface area contributed by atoms with Crippen LogP contribution in [0.4, 0.5) is 17.1 Å². The molecular weight excluding hydrogens is 498 g/mol. The van der Waals surface area contributed by atoms with Crippen LogP contribution in [-0.2, 0) is 19.6 Å². The van der Waals surface area contributed by atoms with Gasteiger partial charge in [-0.05, 0) is 80.8 Å². The standard InChI is InChI=1S/C27H28ClN3O4S/c1-18-6-11-23(12-7-18)36(34,35)31(25-16-21(28)9-8-19(25)2)17-26(32)29-22-10-13-24(20(3)15-22)30-14-4-5-27(30)33/h6-13,15-16H,4-5,14,17H2,1-3H3,(H,29,32). The third-order valence-corrected chi connectivity index (χ3v) is 8.19. The lowest BCUT2D eigenvalue weighted by Crippen LogP contribution is -2.38. The molecule has 0 bridgehead atoms. The summed E-state index contributed by atoms with van der Waals surface area (Å²) in [4.78, 5) is 27.1. The molecular formula is C27H28ClN3O4S. The van der Waals surface area contributed by atoms with E-state index in [-0.39, 0.29) is 10.8 Å². The molecule has 0 aromatic heterocycles. The van der Waals surface area contributed by atoms with E-state index in [1.165, 1.54) is 12.1 Å². The molecule has 3 aromatic carbocycles. The maximum atomic E-state index is 13.6. The third kappa shape index (κ3) is 5.39. The van der Waals surface area contributed by atoms with Gasteiger partial charge in [-0.1, -0.05) is 35.4 Å². The number of rotatable bonds is 7. The van der Waals surface area contributed by atoms with E-state index < -0.39 is 22.5 Å². The zero-order valence-corrected chi connectivity index (χ0v) is 22.0. The molecule has 0 aliphatic carbocycles. The van der Waals surface area contributed by atoms with Gasteiger partial charge in [0.2, 0.25) is 11.8 Å². The minimum absolute atomic E-state index is 0.0794. The molecule has 1 fully saturated rings. The van der Waals surface area contributed by atoms with E-state index >= 15 is 0 Å². The molecule has 1 aliphatic rings. The zero-order chi connectivity index (χ0) is 26.0. The van der Waals surface area contributed by atoms with Crippen molar-refractivity contribution in [2.24, 2.45) is 0 Å². The molecule has 1 N–H and O–H groups in total. The van der Waals surface area contributed by atoms with Crippen molar-refractivity contribution in [1.82, 2.24) is 0 Å². The van der Waals surface area contributed by atoms with Gasteiger partial charge in [0.1, 0.15) is 6.54 Å². The Bertz CT molecular complexity index is 1420. The van der Waals surface area contributed by atoms with Gasteiger partial charge in [0.05, 0.1) is 10.6 Å². The molecule has 4 rings (SSSR count). The fourth-order valence-corrected chi connectivity index (χ4v) is 5.90. The fraction of sp³-hybridized carbons (Fsp3) is 0.259. The smallest absolute Gasteiger partial charge is 0.264 e. The van der Waals surface area contributed by atoms with E-state index in [1.807, 2.05) is 13.8 Å². The summed E-state index contributed by atoms with van der Waals surface area (Å²) < 4.78 is 28.4. The first-order chi connectivity index (χ1) is 17.1. The van der Waals surface area contributed by atoms with Crippen molar-refractivity contribution in [3.05, 3.63) is 82.4 Å². The van der Waals surface area contributed by atoms with Crippen molar-refractivity contribution in [1.29, 1.82) is 0 Å². The normalized spacial score (nSPS) is 13.7. The lowest BCUT2D eigenvalue weighted by atomic mass is 10.1. The molecule has 9 heteroatoms. The molecule has 1 heterocycles. The van der Waals surface area contributed by atoms with Gasteiger partial charge in [0, 0.05) is 29.4 Å². The molecule has 1 aliphatic heterocycles. The number of amides is 2. The number of halogens is 1. The van der Waals surface area contributed by atoms with Crippen LogP contribution in [0.15, 0.2) is 65.6 Å². The Morgan fingerprint density at radius 1 is 1.00 bits per heavy atom. The minimum Gasteiger partial charge on any atom is -0.325 e. The summed E-state index contributed by atoms with van der Waals surface area (Å²) in [6.45, 7) is 5.75. The van der Waals surface area contributed by atoms with Crippen molar-refractivity contribution >= 4 is 50.5 Å². The van der Waals surface area contributed by atoms with Crippen LogP contribution < -0.4 is 14.5 Å². The second-order valence-corrected chi connectivity index (χ2v) is 11.3. The minimum atomic E-state index is -4.06. The number of nitrogens with one attached hydrogen (secondary N) is 1.